The fraction of sp³-hybridized carbons (Fsp3) is 0.909. The Kier molecular flexibility index (Phi) is 5.95. The Morgan fingerprint density at radius 3 is 2.00 bits per heavy atom. The molecule has 0 heterocycles. The van der Waals surface area contributed by atoms with Crippen molar-refractivity contribution >= 4 is 5.97 Å². The van der Waals surface area contributed by atoms with Crippen molar-refractivity contribution in [2.75, 3.05) is 20.1 Å². The standard InChI is InChI=1S/C11H20F3NO2/c1-4-10(5-2,9(16)17)8-15(3)7-6-11(12,13)14/h4-8H2,1-3H3,(H,16,17). The molecule has 0 aromatic rings. The third-order valence-corrected chi connectivity index (χ3v) is 3.16. The molecule has 0 saturated carbocycles. The first kappa shape index (κ1) is 16.2. The molecule has 0 fully saturated rings. The summed E-state index contributed by atoms with van der Waals surface area (Å²) in [5.74, 6) is -0.943. The van der Waals surface area contributed by atoms with Gasteiger partial charge < -0.3 is 10.0 Å². The van der Waals surface area contributed by atoms with E-state index in [0.29, 0.717) is 12.8 Å². The number of carboxylic acids is 1. The van der Waals surface area contributed by atoms with Crippen molar-refractivity contribution in [2.24, 2.45) is 5.41 Å². The summed E-state index contributed by atoms with van der Waals surface area (Å²) in [6.07, 6.45) is -4.28. The molecule has 0 aliphatic heterocycles. The number of alkyl halides is 3. The van der Waals surface area contributed by atoms with Crippen LogP contribution in [0.15, 0.2) is 0 Å². The Balaban J connectivity index is 4.42. The number of nitrogens with zero attached hydrogens (tertiary/aromatic N) is 1. The molecular formula is C11H20F3NO2. The van der Waals surface area contributed by atoms with Crippen LogP contribution in [0.5, 0.6) is 0 Å². The van der Waals surface area contributed by atoms with E-state index in [1.165, 1.54) is 11.9 Å². The molecule has 0 spiro atoms. The van der Waals surface area contributed by atoms with Crippen LogP contribution in [-0.4, -0.2) is 42.3 Å². The molecule has 6 heteroatoms. The van der Waals surface area contributed by atoms with Crippen LogP contribution in [-0.2, 0) is 4.79 Å². The largest absolute Gasteiger partial charge is 0.481 e. The maximum Gasteiger partial charge on any atom is 0.390 e. The first-order valence-corrected chi connectivity index (χ1v) is 5.65. The van der Waals surface area contributed by atoms with Gasteiger partial charge in [0.25, 0.3) is 0 Å². The number of hydrogen-bond donors (Lipinski definition) is 1. The SMILES string of the molecule is CCC(CC)(CN(C)CCC(F)(F)F)C(=O)O. The van der Waals surface area contributed by atoms with E-state index in [0.717, 1.165) is 0 Å². The van der Waals surface area contributed by atoms with Gasteiger partial charge in [0.2, 0.25) is 0 Å². The van der Waals surface area contributed by atoms with Crippen molar-refractivity contribution in [3.8, 4) is 0 Å². The Morgan fingerprint density at radius 2 is 1.71 bits per heavy atom. The topological polar surface area (TPSA) is 40.5 Å². The molecule has 0 bridgehead atoms. The Hall–Kier alpha value is -0.780. The van der Waals surface area contributed by atoms with E-state index in [1.807, 2.05) is 0 Å². The van der Waals surface area contributed by atoms with E-state index in [-0.39, 0.29) is 13.1 Å². The maximum atomic E-state index is 12.0. The van der Waals surface area contributed by atoms with Gasteiger partial charge >= 0.3 is 12.1 Å². The number of hydrogen-bond acceptors (Lipinski definition) is 2. The van der Waals surface area contributed by atoms with Gasteiger partial charge in [0.05, 0.1) is 11.8 Å². The molecule has 0 atom stereocenters. The smallest absolute Gasteiger partial charge is 0.390 e. The van der Waals surface area contributed by atoms with Gasteiger partial charge in [-0.2, -0.15) is 13.2 Å². The fourth-order valence-electron chi connectivity index (χ4n) is 1.76. The van der Waals surface area contributed by atoms with Gasteiger partial charge in [0.1, 0.15) is 0 Å². The highest BCUT2D eigenvalue weighted by Crippen LogP contribution is 2.28. The molecule has 1 N–H and O–H groups in total. The number of rotatable bonds is 7. The molecule has 0 saturated heterocycles. The van der Waals surface area contributed by atoms with E-state index in [9.17, 15) is 18.0 Å². The number of aliphatic carboxylic acids is 1. The fourth-order valence-corrected chi connectivity index (χ4v) is 1.76. The third kappa shape index (κ3) is 5.39. The number of carboxylic acid groups (broad SMARTS) is 1. The first-order valence-electron chi connectivity index (χ1n) is 5.65. The lowest BCUT2D eigenvalue weighted by Crippen LogP contribution is -2.42. The summed E-state index contributed by atoms with van der Waals surface area (Å²) in [7, 11) is 1.52. The summed E-state index contributed by atoms with van der Waals surface area (Å²) in [5, 5.41) is 9.15. The lowest BCUT2D eigenvalue weighted by Gasteiger charge is -2.31. The molecule has 17 heavy (non-hydrogen) atoms. The lowest BCUT2D eigenvalue weighted by atomic mass is 9.82. The molecule has 102 valence electrons. The summed E-state index contributed by atoms with van der Waals surface area (Å²) < 4.78 is 36.1. The van der Waals surface area contributed by atoms with E-state index in [2.05, 4.69) is 0 Å². The molecule has 0 unspecified atom stereocenters. The molecule has 0 aliphatic rings. The summed E-state index contributed by atoms with van der Waals surface area (Å²) in [6, 6.07) is 0. The van der Waals surface area contributed by atoms with Crippen LogP contribution in [0.4, 0.5) is 13.2 Å². The zero-order valence-electron chi connectivity index (χ0n) is 10.5. The van der Waals surface area contributed by atoms with E-state index < -0.39 is 24.0 Å². The molecular weight excluding hydrogens is 235 g/mol. The Labute approximate surface area is 99.6 Å². The highest BCUT2D eigenvalue weighted by Gasteiger charge is 2.36. The van der Waals surface area contributed by atoms with E-state index in [1.54, 1.807) is 13.8 Å². The third-order valence-electron chi connectivity index (χ3n) is 3.16. The molecule has 0 rings (SSSR count). The second kappa shape index (κ2) is 6.23. The van der Waals surface area contributed by atoms with Crippen molar-refractivity contribution in [3.05, 3.63) is 0 Å². The normalized spacial score (nSPS) is 13.1. The minimum Gasteiger partial charge on any atom is -0.481 e. The van der Waals surface area contributed by atoms with Crippen LogP contribution in [0.2, 0.25) is 0 Å². The molecule has 0 aromatic carbocycles. The number of halogens is 3. The average molecular weight is 255 g/mol. The summed E-state index contributed by atoms with van der Waals surface area (Å²) in [6.45, 7) is 3.47. The summed E-state index contributed by atoms with van der Waals surface area (Å²) in [5.41, 5.74) is -0.944. The van der Waals surface area contributed by atoms with Crippen LogP contribution >= 0.6 is 0 Å². The zero-order valence-corrected chi connectivity index (χ0v) is 10.5. The predicted octanol–water partition coefficient (Wildman–Crippen LogP) is 2.76. The Morgan fingerprint density at radius 1 is 1.24 bits per heavy atom. The van der Waals surface area contributed by atoms with Gasteiger partial charge in [0.15, 0.2) is 0 Å². The maximum absolute atomic E-state index is 12.0. The molecule has 3 nitrogen and oxygen atoms in total. The number of carbonyl (C=O) groups is 1. The first-order chi connectivity index (χ1) is 7.67. The molecule has 0 aromatic heterocycles. The second-order valence-electron chi connectivity index (χ2n) is 4.40. The molecule has 0 radical (unpaired) electrons. The highest BCUT2D eigenvalue weighted by molar-refractivity contribution is 5.74. The van der Waals surface area contributed by atoms with Crippen LogP contribution in [0.25, 0.3) is 0 Å². The van der Waals surface area contributed by atoms with Gasteiger partial charge in [0, 0.05) is 13.1 Å². The summed E-state index contributed by atoms with van der Waals surface area (Å²) in [4.78, 5) is 12.6. The van der Waals surface area contributed by atoms with Crippen molar-refractivity contribution in [1.29, 1.82) is 0 Å². The Bertz CT molecular complexity index is 250. The van der Waals surface area contributed by atoms with Gasteiger partial charge in [-0.15, -0.1) is 0 Å². The van der Waals surface area contributed by atoms with Crippen LogP contribution < -0.4 is 0 Å². The van der Waals surface area contributed by atoms with Crippen molar-refractivity contribution in [2.45, 2.75) is 39.3 Å². The van der Waals surface area contributed by atoms with Gasteiger partial charge in [-0.25, -0.2) is 0 Å². The van der Waals surface area contributed by atoms with Crippen LogP contribution in [0, 0.1) is 5.41 Å². The van der Waals surface area contributed by atoms with Crippen molar-refractivity contribution in [3.63, 3.8) is 0 Å². The molecule has 0 amide bonds. The van der Waals surface area contributed by atoms with E-state index in [4.69, 9.17) is 5.11 Å². The zero-order chi connectivity index (χ0) is 13.7. The van der Waals surface area contributed by atoms with Gasteiger partial charge in [-0.05, 0) is 19.9 Å². The van der Waals surface area contributed by atoms with Crippen molar-refractivity contribution in [1.82, 2.24) is 4.90 Å². The predicted molar refractivity (Wildman–Crippen MR) is 58.8 cm³/mol. The summed E-state index contributed by atoms with van der Waals surface area (Å²) >= 11 is 0. The highest BCUT2D eigenvalue weighted by atomic mass is 19.4. The van der Waals surface area contributed by atoms with Gasteiger partial charge in [-0.3, -0.25) is 4.79 Å². The van der Waals surface area contributed by atoms with Crippen molar-refractivity contribution < 1.29 is 23.1 Å². The average Bonchev–Trinajstić information content (AvgIpc) is 2.22. The lowest BCUT2D eigenvalue weighted by molar-refractivity contribution is -0.151. The van der Waals surface area contributed by atoms with Gasteiger partial charge in [-0.1, -0.05) is 13.8 Å². The second-order valence-corrected chi connectivity index (χ2v) is 4.40. The van der Waals surface area contributed by atoms with Crippen LogP contribution in [0.3, 0.4) is 0 Å². The van der Waals surface area contributed by atoms with Crippen LogP contribution in [0.1, 0.15) is 33.1 Å². The monoisotopic (exact) mass is 255 g/mol. The van der Waals surface area contributed by atoms with E-state index >= 15 is 0 Å². The molecule has 0 aliphatic carbocycles. The minimum atomic E-state index is -4.20. The minimum absolute atomic E-state index is 0.144. The quantitative estimate of drug-likeness (QED) is 0.760.